The van der Waals surface area contributed by atoms with Crippen LogP contribution in [0.1, 0.15) is 15.2 Å². The highest BCUT2D eigenvalue weighted by Crippen LogP contribution is 2.31. The molecule has 0 saturated heterocycles. The van der Waals surface area contributed by atoms with Gasteiger partial charge in [-0.2, -0.15) is 0 Å². The molecule has 1 heterocycles. The first-order valence-electron chi connectivity index (χ1n) is 5.96. The summed E-state index contributed by atoms with van der Waals surface area (Å²) in [6.45, 7) is 0.484. The number of hydrogen-bond acceptors (Lipinski definition) is 5. The Balaban J connectivity index is 2.21. The van der Waals surface area contributed by atoms with E-state index in [0.717, 1.165) is 17.0 Å². The van der Waals surface area contributed by atoms with Gasteiger partial charge in [-0.3, -0.25) is 10.1 Å². The molecule has 0 amide bonds. The van der Waals surface area contributed by atoms with Gasteiger partial charge < -0.3 is 10.4 Å². The van der Waals surface area contributed by atoms with Crippen LogP contribution in [0.2, 0.25) is 5.02 Å². The molecule has 2 aromatic rings. The van der Waals surface area contributed by atoms with Crippen molar-refractivity contribution in [3.8, 4) is 0 Å². The lowest BCUT2D eigenvalue weighted by atomic mass is 10.1. The fourth-order valence-corrected chi connectivity index (χ4v) is 2.80. The zero-order valence-electron chi connectivity index (χ0n) is 10.7. The first-order chi connectivity index (χ1) is 9.99. The Kier molecular flexibility index (Phi) is 4.77. The van der Waals surface area contributed by atoms with Crippen LogP contribution in [0, 0.1) is 10.1 Å². The van der Waals surface area contributed by atoms with Crippen molar-refractivity contribution < 1.29 is 14.8 Å². The Bertz CT molecular complexity index is 673. The molecule has 0 unspecified atom stereocenters. The zero-order valence-corrected chi connectivity index (χ0v) is 12.3. The van der Waals surface area contributed by atoms with Crippen LogP contribution in [0.5, 0.6) is 0 Å². The van der Waals surface area contributed by atoms with Crippen LogP contribution in [-0.2, 0) is 6.42 Å². The van der Waals surface area contributed by atoms with Crippen molar-refractivity contribution in [2.75, 3.05) is 11.9 Å². The normalized spacial score (nSPS) is 10.3. The van der Waals surface area contributed by atoms with E-state index < -0.39 is 10.9 Å². The third-order valence-electron chi connectivity index (χ3n) is 2.77. The number of aromatic carboxylic acids is 1. The second kappa shape index (κ2) is 6.55. The number of halogens is 1. The van der Waals surface area contributed by atoms with Crippen molar-refractivity contribution in [2.45, 2.75) is 6.42 Å². The Morgan fingerprint density at radius 1 is 1.48 bits per heavy atom. The lowest BCUT2D eigenvalue weighted by Gasteiger charge is -2.11. The van der Waals surface area contributed by atoms with Gasteiger partial charge in [0.25, 0.3) is 5.69 Å². The number of nitrogens with one attached hydrogen (secondary N) is 1. The first kappa shape index (κ1) is 15.3. The quantitative estimate of drug-likeness (QED) is 0.624. The van der Waals surface area contributed by atoms with E-state index in [4.69, 9.17) is 16.7 Å². The Labute approximate surface area is 129 Å². The van der Waals surface area contributed by atoms with E-state index >= 15 is 0 Å². The molecule has 2 rings (SSSR count). The second-order valence-electron chi connectivity index (χ2n) is 4.17. The van der Waals surface area contributed by atoms with Gasteiger partial charge in [0.2, 0.25) is 0 Å². The Morgan fingerprint density at radius 3 is 2.81 bits per heavy atom. The van der Waals surface area contributed by atoms with Crippen LogP contribution in [0.25, 0.3) is 0 Å². The van der Waals surface area contributed by atoms with Crippen molar-refractivity contribution in [1.82, 2.24) is 0 Å². The molecule has 1 aromatic heterocycles. The average Bonchev–Trinajstić information content (AvgIpc) is 2.92. The SMILES string of the molecule is O=C(O)c1cc([N+](=O)[O-])cc(Cl)c1NCCc1cccs1. The van der Waals surface area contributed by atoms with E-state index in [2.05, 4.69) is 5.32 Å². The number of carbonyl (C=O) groups is 1. The third kappa shape index (κ3) is 3.71. The largest absolute Gasteiger partial charge is 0.478 e. The predicted molar refractivity (Wildman–Crippen MR) is 81.6 cm³/mol. The molecule has 110 valence electrons. The lowest BCUT2D eigenvalue weighted by Crippen LogP contribution is -2.10. The highest BCUT2D eigenvalue weighted by Gasteiger charge is 2.19. The molecule has 0 aliphatic rings. The zero-order chi connectivity index (χ0) is 15.4. The van der Waals surface area contributed by atoms with Crippen molar-refractivity contribution >= 4 is 40.3 Å². The van der Waals surface area contributed by atoms with Crippen LogP contribution in [0.3, 0.4) is 0 Å². The van der Waals surface area contributed by atoms with E-state index in [9.17, 15) is 14.9 Å². The molecule has 8 heteroatoms. The summed E-state index contributed by atoms with van der Waals surface area (Å²) in [7, 11) is 0. The van der Waals surface area contributed by atoms with Gasteiger partial charge in [-0.15, -0.1) is 11.3 Å². The standard InChI is InChI=1S/C13H11ClN2O4S/c14-11-7-8(16(19)20)6-10(13(17)18)12(11)15-4-3-9-2-1-5-21-9/h1-2,5-7,15H,3-4H2,(H,17,18). The van der Waals surface area contributed by atoms with E-state index in [0.29, 0.717) is 13.0 Å². The number of nitrogens with zero attached hydrogens (tertiary/aromatic N) is 1. The summed E-state index contributed by atoms with van der Waals surface area (Å²) in [6, 6.07) is 6.05. The summed E-state index contributed by atoms with van der Waals surface area (Å²) >= 11 is 7.56. The van der Waals surface area contributed by atoms with E-state index in [1.165, 1.54) is 0 Å². The predicted octanol–water partition coefficient (Wildman–Crippen LogP) is 3.66. The molecule has 21 heavy (non-hydrogen) atoms. The van der Waals surface area contributed by atoms with Gasteiger partial charge in [-0.05, 0) is 17.9 Å². The third-order valence-corrected chi connectivity index (χ3v) is 4.00. The summed E-state index contributed by atoms with van der Waals surface area (Å²) in [4.78, 5) is 22.4. The number of carboxylic acid groups (broad SMARTS) is 1. The molecule has 0 bridgehead atoms. The fraction of sp³-hybridized carbons (Fsp3) is 0.154. The van der Waals surface area contributed by atoms with Crippen LogP contribution in [0.15, 0.2) is 29.6 Å². The molecule has 0 aliphatic heterocycles. The second-order valence-corrected chi connectivity index (χ2v) is 5.61. The summed E-state index contributed by atoms with van der Waals surface area (Å²) < 4.78 is 0. The van der Waals surface area contributed by atoms with E-state index in [-0.39, 0.29) is 22.0 Å². The average molecular weight is 327 g/mol. The Hall–Kier alpha value is -2.12. The topological polar surface area (TPSA) is 92.5 Å². The number of carboxylic acids is 1. The molecule has 0 spiro atoms. The van der Waals surface area contributed by atoms with Gasteiger partial charge >= 0.3 is 5.97 Å². The molecule has 0 atom stereocenters. The van der Waals surface area contributed by atoms with Crippen LogP contribution in [-0.4, -0.2) is 22.5 Å². The monoisotopic (exact) mass is 326 g/mol. The molecule has 0 radical (unpaired) electrons. The number of nitro benzene ring substituents is 1. The minimum atomic E-state index is -1.26. The maximum Gasteiger partial charge on any atom is 0.338 e. The van der Waals surface area contributed by atoms with Crippen molar-refractivity contribution in [3.05, 3.63) is 55.2 Å². The highest BCUT2D eigenvalue weighted by atomic mass is 35.5. The van der Waals surface area contributed by atoms with Gasteiger partial charge in [0, 0.05) is 23.6 Å². The van der Waals surface area contributed by atoms with Crippen LogP contribution >= 0.6 is 22.9 Å². The number of non-ortho nitro benzene ring substituents is 1. The Morgan fingerprint density at radius 2 is 2.24 bits per heavy atom. The van der Waals surface area contributed by atoms with Gasteiger partial charge in [-0.1, -0.05) is 17.7 Å². The van der Waals surface area contributed by atoms with Crippen molar-refractivity contribution in [3.63, 3.8) is 0 Å². The lowest BCUT2D eigenvalue weighted by molar-refractivity contribution is -0.384. The van der Waals surface area contributed by atoms with Gasteiger partial charge in [-0.25, -0.2) is 4.79 Å². The number of rotatable bonds is 6. The number of thiophene rings is 1. The maximum absolute atomic E-state index is 11.2. The van der Waals surface area contributed by atoms with Gasteiger partial charge in [0.05, 0.1) is 21.2 Å². The number of nitro groups is 1. The maximum atomic E-state index is 11.2. The molecule has 6 nitrogen and oxygen atoms in total. The smallest absolute Gasteiger partial charge is 0.338 e. The summed E-state index contributed by atoms with van der Waals surface area (Å²) in [5.41, 5.74) is -0.354. The highest BCUT2D eigenvalue weighted by molar-refractivity contribution is 7.09. The van der Waals surface area contributed by atoms with Gasteiger partial charge in [0.15, 0.2) is 0 Å². The van der Waals surface area contributed by atoms with Crippen molar-refractivity contribution in [2.24, 2.45) is 0 Å². The number of benzene rings is 1. The summed E-state index contributed by atoms with van der Waals surface area (Å²) in [6.07, 6.45) is 0.712. The van der Waals surface area contributed by atoms with Gasteiger partial charge in [0.1, 0.15) is 0 Å². The van der Waals surface area contributed by atoms with Crippen LogP contribution < -0.4 is 5.32 Å². The molecule has 0 aliphatic carbocycles. The molecule has 1 aromatic carbocycles. The van der Waals surface area contributed by atoms with E-state index in [1.807, 2.05) is 17.5 Å². The number of anilines is 1. The van der Waals surface area contributed by atoms with Crippen LogP contribution in [0.4, 0.5) is 11.4 Å². The molecule has 0 saturated carbocycles. The minimum absolute atomic E-state index is 0.0211. The number of hydrogen-bond donors (Lipinski definition) is 2. The molecule has 2 N–H and O–H groups in total. The van der Waals surface area contributed by atoms with E-state index in [1.54, 1.807) is 11.3 Å². The molecular weight excluding hydrogens is 316 g/mol. The minimum Gasteiger partial charge on any atom is -0.478 e. The first-order valence-corrected chi connectivity index (χ1v) is 7.22. The van der Waals surface area contributed by atoms with Crippen molar-refractivity contribution in [1.29, 1.82) is 0 Å². The summed E-state index contributed by atoms with van der Waals surface area (Å²) in [5, 5.41) is 24.8. The molecule has 0 fully saturated rings. The molecular formula is C13H11ClN2O4S. The fourth-order valence-electron chi connectivity index (χ4n) is 1.81. The summed E-state index contributed by atoms with van der Waals surface area (Å²) in [5.74, 6) is -1.26.